The molecule has 2 aromatic rings. The Morgan fingerprint density at radius 1 is 0.727 bits per heavy atom. The summed E-state index contributed by atoms with van der Waals surface area (Å²) in [6.07, 6.45) is 9.40. The van der Waals surface area contributed by atoms with E-state index in [0.29, 0.717) is 0 Å². The fourth-order valence-electron chi connectivity index (χ4n) is 2.70. The van der Waals surface area contributed by atoms with E-state index in [9.17, 15) is 0 Å². The van der Waals surface area contributed by atoms with Gasteiger partial charge in [0.2, 0.25) is 0 Å². The van der Waals surface area contributed by atoms with Crippen LogP contribution in [0.3, 0.4) is 0 Å². The zero-order chi connectivity index (χ0) is 15.6. The van der Waals surface area contributed by atoms with Gasteiger partial charge < -0.3 is 0 Å². The van der Waals surface area contributed by atoms with Crippen LogP contribution in [0.25, 0.3) is 0 Å². The standard InChI is InChI=1S/C21H28S/c1-3-4-5-6-7-8-14-19-15-10-12-17-21(19)22-20-16-11-9-13-18(20)2/h9-13,15-17H,3-8,14H2,1-2H3. The molecule has 0 fully saturated rings. The average molecular weight is 313 g/mol. The lowest BCUT2D eigenvalue weighted by molar-refractivity contribution is 0.606. The first kappa shape index (κ1) is 17.1. The first-order valence-corrected chi connectivity index (χ1v) is 9.44. The molecule has 0 unspecified atom stereocenters. The third-order valence-corrected chi connectivity index (χ3v) is 5.38. The van der Waals surface area contributed by atoms with E-state index in [1.807, 2.05) is 11.8 Å². The summed E-state index contributed by atoms with van der Waals surface area (Å²) in [7, 11) is 0. The SMILES string of the molecule is CCCCCCCCc1ccccc1Sc1ccccc1C. The summed E-state index contributed by atoms with van der Waals surface area (Å²) >= 11 is 1.91. The molecule has 0 heterocycles. The van der Waals surface area contributed by atoms with Crippen molar-refractivity contribution in [3.05, 3.63) is 59.7 Å². The predicted octanol–water partition coefficient (Wildman–Crippen LogP) is 7.05. The predicted molar refractivity (Wildman–Crippen MR) is 98.8 cm³/mol. The van der Waals surface area contributed by atoms with Crippen molar-refractivity contribution in [3.8, 4) is 0 Å². The summed E-state index contributed by atoms with van der Waals surface area (Å²) in [6.45, 7) is 4.47. The van der Waals surface area contributed by atoms with E-state index in [4.69, 9.17) is 0 Å². The van der Waals surface area contributed by atoms with E-state index in [1.54, 1.807) is 0 Å². The van der Waals surface area contributed by atoms with Crippen LogP contribution in [-0.2, 0) is 6.42 Å². The van der Waals surface area contributed by atoms with E-state index < -0.39 is 0 Å². The van der Waals surface area contributed by atoms with E-state index in [0.717, 1.165) is 0 Å². The Balaban J connectivity index is 1.91. The highest BCUT2D eigenvalue weighted by molar-refractivity contribution is 7.99. The molecule has 22 heavy (non-hydrogen) atoms. The number of aryl methyl sites for hydroxylation is 2. The lowest BCUT2D eigenvalue weighted by atomic mass is 10.1. The Morgan fingerprint density at radius 2 is 1.36 bits per heavy atom. The van der Waals surface area contributed by atoms with Crippen molar-refractivity contribution in [1.82, 2.24) is 0 Å². The molecule has 118 valence electrons. The van der Waals surface area contributed by atoms with Crippen LogP contribution >= 0.6 is 11.8 Å². The molecular formula is C21H28S. The molecular weight excluding hydrogens is 284 g/mol. The lowest BCUT2D eigenvalue weighted by Gasteiger charge is -2.10. The summed E-state index contributed by atoms with van der Waals surface area (Å²) < 4.78 is 0. The van der Waals surface area contributed by atoms with E-state index >= 15 is 0 Å². The second kappa shape index (κ2) is 9.74. The van der Waals surface area contributed by atoms with Gasteiger partial charge in [-0.2, -0.15) is 0 Å². The summed E-state index contributed by atoms with van der Waals surface area (Å²) in [5, 5.41) is 0. The van der Waals surface area contributed by atoms with Crippen LogP contribution in [0, 0.1) is 6.92 Å². The summed E-state index contributed by atoms with van der Waals surface area (Å²) in [6, 6.07) is 17.6. The van der Waals surface area contributed by atoms with Crippen molar-refractivity contribution >= 4 is 11.8 Å². The molecule has 0 N–H and O–H groups in total. The van der Waals surface area contributed by atoms with Gasteiger partial charge in [-0.05, 0) is 43.0 Å². The maximum atomic E-state index is 2.30. The average Bonchev–Trinajstić information content (AvgIpc) is 2.54. The minimum Gasteiger partial charge on any atom is -0.0895 e. The number of hydrogen-bond acceptors (Lipinski definition) is 1. The van der Waals surface area contributed by atoms with Gasteiger partial charge in [0, 0.05) is 9.79 Å². The van der Waals surface area contributed by atoms with E-state index in [-0.39, 0.29) is 0 Å². The molecule has 0 aliphatic carbocycles. The molecule has 0 aromatic heterocycles. The number of hydrogen-bond donors (Lipinski definition) is 0. The van der Waals surface area contributed by atoms with Gasteiger partial charge in [-0.3, -0.25) is 0 Å². The number of rotatable bonds is 9. The molecule has 0 saturated heterocycles. The number of benzene rings is 2. The van der Waals surface area contributed by atoms with Crippen LogP contribution in [-0.4, -0.2) is 0 Å². The number of unbranched alkanes of at least 4 members (excludes halogenated alkanes) is 5. The normalized spacial score (nSPS) is 10.8. The zero-order valence-corrected chi connectivity index (χ0v) is 14.8. The molecule has 1 heteroatoms. The Kier molecular flexibility index (Phi) is 7.59. The molecule has 0 nitrogen and oxygen atoms in total. The quantitative estimate of drug-likeness (QED) is 0.447. The monoisotopic (exact) mass is 312 g/mol. The molecule has 0 spiro atoms. The second-order valence-corrected chi connectivity index (χ2v) is 7.08. The van der Waals surface area contributed by atoms with Crippen molar-refractivity contribution in [2.75, 3.05) is 0 Å². The van der Waals surface area contributed by atoms with Gasteiger partial charge in [-0.1, -0.05) is 87.2 Å². The second-order valence-electron chi connectivity index (χ2n) is 5.99. The van der Waals surface area contributed by atoms with Gasteiger partial charge in [0.05, 0.1) is 0 Å². The molecule has 2 aromatic carbocycles. The molecule has 0 aliphatic heterocycles. The van der Waals surface area contributed by atoms with Crippen molar-refractivity contribution in [1.29, 1.82) is 0 Å². The Labute approximate surface area is 140 Å². The van der Waals surface area contributed by atoms with Gasteiger partial charge in [0.15, 0.2) is 0 Å². The molecule has 0 bridgehead atoms. The van der Waals surface area contributed by atoms with Gasteiger partial charge >= 0.3 is 0 Å². The molecule has 0 radical (unpaired) electrons. The van der Waals surface area contributed by atoms with Crippen molar-refractivity contribution in [2.45, 2.75) is 68.6 Å². The third kappa shape index (κ3) is 5.53. The molecule has 2 rings (SSSR count). The van der Waals surface area contributed by atoms with Gasteiger partial charge in [0.25, 0.3) is 0 Å². The first-order chi connectivity index (χ1) is 10.8. The maximum absolute atomic E-state index is 2.30. The summed E-state index contributed by atoms with van der Waals surface area (Å²) in [5.41, 5.74) is 2.87. The smallest absolute Gasteiger partial charge is 0.0154 e. The van der Waals surface area contributed by atoms with Crippen molar-refractivity contribution in [2.24, 2.45) is 0 Å². The van der Waals surface area contributed by atoms with Crippen LogP contribution < -0.4 is 0 Å². The van der Waals surface area contributed by atoms with E-state index in [2.05, 4.69) is 62.4 Å². The fraction of sp³-hybridized carbons (Fsp3) is 0.429. The minimum absolute atomic E-state index is 1.21. The molecule has 0 amide bonds. The first-order valence-electron chi connectivity index (χ1n) is 8.62. The van der Waals surface area contributed by atoms with Crippen LogP contribution in [0.15, 0.2) is 58.3 Å². The summed E-state index contributed by atoms with van der Waals surface area (Å²) in [5.74, 6) is 0. The van der Waals surface area contributed by atoms with Crippen molar-refractivity contribution in [3.63, 3.8) is 0 Å². The zero-order valence-electron chi connectivity index (χ0n) is 14.0. The molecule has 0 saturated carbocycles. The third-order valence-electron chi connectivity index (χ3n) is 4.09. The molecule has 0 aliphatic rings. The van der Waals surface area contributed by atoms with Crippen LogP contribution in [0.2, 0.25) is 0 Å². The van der Waals surface area contributed by atoms with Gasteiger partial charge in [-0.25, -0.2) is 0 Å². The van der Waals surface area contributed by atoms with E-state index in [1.165, 1.54) is 65.9 Å². The Hall–Kier alpha value is -1.21. The highest BCUT2D eigenvalue weighted by Crippen LogP contribution is 2.33. The Bertz CT molecular complexity index is 559. The van der Waals surface area contributed by atoms with Crippen LogP contribution in [0.1, 0.15) is 56.6 Å². The highest BCUT2D eigenvalue weighted by Gasteiger charge is 2.05. The maximum Gasteiger partial charge on any atom is 0.0154 e. The topological polar surface area (TPSA) is 0 Å². The van der Waals surface area contributed by atoms with Crippen LogP contribution in [0.5, 0.6) is 0 Å². The van der Waals surface area contributed by atoms with Crippen LogP contribution in [0.4, 0.5) is 0 Å². The fourth-order valence-corrected chi connectivity index (χ4v) is 3.76. The minimum atomic E-state index is 1.21. The van der Waals surface area contributed by atoms with Gasteiger partial charge in [0.1, 0.15) is 0 Å². The van der Waals surface area contributed by atoms with Gasteiger partial charge in [-0.15, -0.1) is 0 Å². The molecule has 0 atom stereocenters. The van der Waals surface area contributed by atoms with Crippen molar-refractivity contribution < 1.29 is 0 Å². The Morgan fingerprint density at radius 3 is 2.14 bits per heavy atom. The highest BCUT2D eigenvalue weighted by atomic mass is 32.2. The lowest BCUT2D eigenvalue weighted by Crippen LogP contribution is -1.90. The largest absolute Gasteiger partial charge is 0.0895 e. The summed E-state index contributed by atoms with van der Waals surface area (Å²) in [4.78, 5) is 2.79.